The molecule has 0 spiro atoms. The fourth-order valence-corrected chi connectivity index (χ4v) is 4.29. The van der Waals surface area contributed by atoms with Crippen LogP contribution >= 0.6 is 11.3 Å². The van der Waals surface area contributed by atoms with Gasteiger partial charge in [-0.15, -0.1) is 11.3 Å². The minimum absolute atomic E-state index is 0.233. The van der Waals surface area contributed by atoms with Crippen molar-refractivity contribution in [3.05, 3.63) is 39.2 Å². The van der Waals surface area contributed by atoms with Crippen LogP contribution in [0.4, 0.5) is 0 Å². The van der Waals surface area contributed by atoms with Gasteiger partial charge >= 0.3 is 0 Å². The van der Waals surface area contributed by atoms with Crippen molar-refractivity contribution < 1.29 is 4.42 Å². The van der Waals surface area contributed by atoms with Crippen molar-refractivity contribution in [2.75, 3.05) is 26.7 Å². The molecule has 2 aromatic rings. The highest BCUT2D eigenvalue weighted by Gasteiger charge is 2.26. The lowest BCUT2D eigenvalue weighted by Crippen LogP contribution is -2.42. The van der Waals surface area contributed by atoms with Gasteiger partial charge in [-0.25, -0.2) is 4.98 Å². The molecule has 0 radical (unpaired) electrons. The molecule has 3 heterocycles. The molecule has 1 saturated heterocycles. The topological polar surface area (TPSA) is 65.7 Å². The number of rotatable bonds is 6. The summed E-state index contributed by atoms with van der Waals surface area (Å²) in [6.45, 7) is 9.85. The summed E-state index contributed by atoms with van der Waals surface area (Å²) in [5, 5.41) is 7.98. The van der Waals surface area contributed by atoms with Gasteiger partial charge in [0.25, 0.3) is 0 Å². The summed E-state index contributed by atoms with van der Waals surface area (Å²) in [6, 6.07) is 4.37. The number of guanidine groups is 1. The first-order chi connectivity index (χ1) is 12.6. The monoisotopic (exact) mass is 375 g/mol. The highest BCUT2D eigenvalue weighted by molar-refractivity contribution is 7.11. The molecule has 0 bridgehead atoms. The molecular formula is C19H29N5OS. The second-order valence-corrected chi connectivity index (χ2v) is 8.04. The number of furan rings is 1. The molecule has 2 aromatic heterocycles. The predicted octanol–water partition coefficient (Wildman–Crippen LogP) is 3.16. The van der Waals surface area contributed by atoms with Crippen molar-refractivity contribution in [3.63, 3.8) is 0 Å². The molecule has 3 rings (SSSR count). The molecule has 6 nitrogen and oxygen atoms in total. The van der Waals surface area contributed by atoms with Gasteiger partial charge in [-0.1, -0.05) is 0 Å². The van der Waals surface area contributed by atoms with Gasteiger partial charge in [0.15, 0.2) is 5.96 Å². The summed E-state index contributed by atoms with van der Waals surface area (Å²) in [5.41, 5.74) is 1.09. The number of nitrogens with zero attached hydrogens (tertiary/aromatic N) is 3. The highest BCUT2D eigenvalue weighted by atomic mass is 32.1. The second-order valence-electron chi connectivity index (χ2n) is 6.76. The van der Waals surface area contributed by atoms with Crippen molar-refractivity contribution in [3.8, 4) is 0 Å². The van der Waals surface area contributed by atoms with Crippen LogP contribution in [-0.4, -0.2) is 42.5 Å². The molecular weight excluding hydrogens is 346 g/mol. The molecule has 1 fully saturated rings. The molecule has 0 aromatic carbocycles. The van der Waals surface area contributed by atoms with Crippen LogP contribution in [0.25, 0.3) is 0 Å². The zero-order chi connectivity index (χ0) is 18.5. The van der Waals surface area contributed by atoms with Gasteiger partial charge < -0.3 is 15.1 Å². The van der Waals surface area contributed by atoms with E-state index in [1.54, 1.807) is 11.3 Å². The van der Waals surface area contributed by atoms with Gasteiger partial charge in [0.05, 0.1) is 23.3 Å². The number of nitrogens with one attached hydrogen (secondary N) is 2. The lowest BCUT2D eigenvalue weighted by Gasteiger charge is -2.26. The van der Waals surface area contributed by atoms with Crippen LogP contribution in [0.1, 0.15) is 46.0 Å². The van der Waals surface area contributed by atoms with Gasteiger partial charge in [-0.2, -0.15) is 0 Å². The molecule has 2 N–H and O–H groups in total. The maximum Gasteiger partial charge on any atom is 0.191 e. The Morgan fingerprint density at radius 2 is 2.04 bits per heavy atom. The van der Waals surface area contributed by atoms with Gasteiger partial charge in [0.2, 0.25) is 0 Å². The van der Waals surface area contributed by atoms with Gasteiger partial charge in [0, 0.05) is 18.5 Å². The smallest absolute Gasteiger partial charge is 0.191 e. The lowest BCUT2D eigenvalue weighted by atomic mass is 10.2. The highest BCUT2D eigenvalue weighted by Crippen LogP contribution is 2.26. The van der Waals surface area contributed by atoms with Crippen molar-refractivity contribution in [1.29, 1.82) is 0 Å². The predicted molar refractivity (Wildman–Crippen MR) is 107 cm³/mol. The van der Waals surface area contributed by atoms with Crippen LogP contribution in [0.3, 0.4) is 0 Å². The number of likely N-dealkylation sites (tertiary alicyclic amines) is 1. The Morgan fingerprint density at radius 3 is 2.62 bits per heavy atom. The number of thiazole rings is 1. The molecule has 1 aliphatic heterocycles. The maximum atomic E-state index is 5.92. The van der Waals surface area contributed by atoms with Crippen LogP contribution in [0.15, 0.2) is 21.5 Å². The Hall–Kier alpha value is -1.86. The Balaban J connectivity index is 1.60. The molecule has 7 heteroatoms. The van der Waals surface area contributed by atoms with Gasteiger partial charge in [-0.3, -0.25) is 9.89 Å². The minimum atomic E-state index is 0.233. The maximum absolute atomic E-state index is 5.92. The lowest BCUT2D eigenvalue weighted by molar-refractivity contribution is 0.213. The van der Waals surface area contributed by atoms with Crippen LogP contribution in [0.2, 0.25) is 0 Å². The average Bonchev–Trinajstić information content (AvgIpc) is 3.34. The van der Waals surface area contributed by atoms with Crippen molar-refractivity contribution in [1.82, 2.24) is 20.5 Å². The van der Waals surface area contributed by atoms with Crippen molar-refractivity contribution in [2.24, 2.45) is 4.99 Å². The summed E-state index contributed by atoms with van der Waals surface area (Å²) < 4.78 is 5.92. The van der Waals surface area contributed by atoms with E-state index in [4.69, 9.17) is 4.42 Å². The Bertz CT molecular complexity index is 745. The third-order valence-electron chi connectivity index (χ3n) is 4.77. The van der Waals surface area contributed by atoms with E-state index in [1.165, 1.54) is 17.7 Å². The van der Waals surface area contributed by atoms with Crippen molar-refractivity contribution in [2.45, 2.75) is 46.2 Å². The molecule has 142 valence electrons. The van der Waals surface area contributed by atoms with E-state index in [0.717, 1.165) is 54.4 Å². The zero-order valence-corrected chi connectivity index (χ0v) is 16.9. The fourth-order valence-electron chi connectivity index (χ4n) is 3.41. The number of aryl methyl sites for hydroxylation is 3. The first kappa shape index (κ1) is 18.9. The first-order valence-electron chi connectivity index (χ1n) is 9.24. The summed E-state index contributed by atoms with van der Waals surface area (Å²) in [4.78, 5) is 12.6. The fraction of sp³-hybridized carbons (Fsp3) is 0.579. The van der Waals surface area contributed by atoms with E-state index in [2.05, 4.69) is 38.5 Å². The van der Waals surface area contributed by atoms with E-state index in [9.17, 15) is 0 Å². The summed E-state index contributed by atoms with van der Waals surface area (Å²) in [7, 11) is 1.81. The SMILES string of the molecule is CN=C(NCc1sc(C)nc1C)NCC(c1ccc(C)o1)N1CCCC1. The minimum Gasteiger partial charge on any atom is -0.465 e. The molecule has 0 amide bonds. The van der Waals surface area contributed by atoms with Crippen molar-refractivity contribution >= 4 is 17.3 Å². The molecule has 1 aliphatic rings. The molecule has 26 heavy (non-hydrogen) atoms. The van der Waals surface area contributed by atoms with E-state index in [0.29, 0.717) is 0 Å². The molecule has 1 unspecified atom stereocenters. The van der Waals surface area contributed by atoms with Gasteiger partial charge in [0.1, 0.15) is 11.5 Å². The molecule has 0 saturated carbocycles. The Morgan fingerprint density at radius 1 is 1.27 bits per heavy atom. The summed E-state index contributed by atoms with van der Waals surface area (Å²) in [6.07, 6.45) is 2.51. The number of aromatic nitrogens is 1. The standard InChI is InChI=1S/C19H29N5OS/c1-13-7-8-17(25-13)16(24-9-5-6-10-24)11-21-19(20-4)22-12-18-14(2)23-15(3)26-18/h7-8,16H,5-6,9-12H2,1-4H3,(H2,20,21,22). The van der Waals surface area contributed by atoms with E-state index < -0.39 is 0 Å². The molecule has 0 aliphatic carbocycles. The average molecular weight is 376 g/mol. The largest absolute Gasteiger partial charge is 0.465 e. The normalized spacial score (nSPS) is 16.8. The Kier molecular flexibility index (Phi) is 6.32. The Labute approximate surface area is 159 Å². The van der Waals surface area contributed by atoms with E-state index >= 15 is 0 Å². The number of aliphatic imine (C=N–C) groups is 1. The third-order valence-corrected chi connectivity index (χ3v) is 5.85. The first-order valence-corrected chi connectivity index (χ1v) is 10.1. The third kappa shape index (κ3) is 4.65. The van der Waals surface area contributed by atoms with Gasteiger partial charge in [-0.05, 0) is 58.8 Å². The van der Waals surface area contributed by atoms with Crippen LogP contribution in [0.5, 0.6) is 0 Å². The van der Waals surface area contributed by atoms with E-state index in [1.807, 2.05) is 27.0 Å². The zero-order valence-electron chi connectivity index (χ0n) is 16.1. The molecule has 1 atom stereocenters. The quantitative estimate of drug-likeness (QED) is 0.600. The van der Waals surface area contributed by atoms with Crippen LogP contribution < -0.4 is 10.6 Å². The van der Waals surface area contributed by atoms with Crippen LogP contribution in [-0.2, 0) is 6.54 Å². The second kappa shape index (κ2) is 8.68. The number of hydrogen-bond acceptors (Lipinski definition) is 5. The summed E-state index contributed by atoms with van der Waals surface area (Å²) in [5.74, 6) is 2.80. The summed E-state index contributed by atoms with van der Waals surface area (Å²) >= 11 is 1.73. The number of hydrogen-bond donors (Lipinski definition) is 2. The van der Waals surface area contributed by atoms with Crippen LogP contribution in [0, 0.1) is 20.8 Å². The van der Waals surface area contributed by atoms with E-state index in [-0.39, 0.29) is 6.04 Å².